The Morgan fingerprint density at radius 1 is 1.20 bits per heavy atom. The maximum Gasteiger partial charge on any atom is 0.159 e. The number of nitrogens with zero attached hydrogens (tertiary/aromatic N) is 3. The van der Waals surface area contributed by atoms with Crippen molar-refractivity contribution in [3.8, 4) is 16.9 Å². The summed E-state index contributed by atoms with van der Waals surface area (Å²) in [7, 11) is 1.66. The summed E-state index contributed by atoms with van der Waals surface area (Å²) in [5, 5.41) is 7.31. The Balaban J connectivity index is 1.71. The molecule has 0 aliphatic carbocycles. The largest absolute Gasteiger partial charge is 0.497 e. The highest BCUT2D eigenvalue weighted by molar-refractivity contribution is 7.17. The summed E-state index contributed by atoms with van der Waals surface area (Å²) >= 11 is 1.58. The number of ether oxygens (including phenoxy) is 1. The maximum atomic E-state index is 5.23. The first-order chi connectivity index (χ1) is 12.3. The van der Waals surface area contributed by atoms with Crippen LogP contribution in [0.15, 0.2) is 59.4 Å². The average molecular weight is 349 g/mol. The fourth-order valence-corrected chi connectivity index (χ4v) is 3.45. The maximum absolute atomic E-state index is 5.23. The van der Waals surface area contributed by atoms with Crippen LogP contribution in [0.25, 0.3) is 21.3 Å². The Kier molecular flexibility index (Phi) is 4.14. The van der Waals surface area contributed by atoms with Crippen molar-refractivity contribution in [1.29, 1.82) is 0 Å². The molecule has 7 heteroatoms. The van der Waals surface area contributed by atoms with Gasteiger partial charge in [-0.15, -0.1) is 11.3 Å². The van der Waals surface area contributed by atoms with E-state index < -0.39 is 0 Å². The lowest BCUT2D eigenvalue weighted by atomic mass is 10.1. The van der Waals surface area contributed by atoms with Crippen LogP contribution in [0.3, 0.4) is 0 Å². The fraction of sp³-hybridized carbons (Fsp3) is 0.0556. The summed E-state index contributed by atoms with van der Waals surface area (Å²) in [6.07, 6.45) is 5.11. The first-order valence-electron chi connectivity index (χ1n) is 7.64. The van der Waals surface area contributed by atoms with Crippen LogP contribution in [0.4, 0.5) is 5.82 Å². The van der Waals surface area contributed by atoms with Crippen LogP contribution >= 0.6 is 11.3 Å². The summed E-state index contributed by atoms with van der Waals surface area (Å²) in [5.74, 6) is 1.51. The SMILES string of the molecule is COc1ccc(-c2csc3ncnc(N/N=C\c4ccc[nH]4)c23)cc1. The van der Waals surface area contributed by atoms with Crippen LogP contribution < -0.4 is 10.2 Å². The number of hydrogen-bond acceptors (Lipinski definition) is 6. The van der Waals surface area contributed by atoms with Crippen molar-refractivity contribution in [3.63, 3.8) is 0 Å². The van der Waals surface area contributed by atoms with Gasteiger partial charge in [0, 0.05) is 17.1 Å². The topological polar surface area (TPSA) is 75.2 Å². The highest BCUT2D eigenvalue weighted by Gasteiger charge is 2.12. The Hall–Kier alpha value is -3.19. The van der Waals surface area contributed by atoms with Gasteiger partial charge < -0.3 is 9.72 Å². The van der Waals surface area contributed by atoms with Crippen LogP contribution in [-0.2, 0) is 0 Å². The molecule has 4 aromatic rings. The molecule has 124 valence electrons. The molecule has 6 nitrogen and oxygen atoms in total. The average Bonchev–Trinajstić information content (AvgIpc) is 3.32. The van der Waals surface area contributed by atoms with E-state index in [1.165, 1.54) is 0 Å². The van der Waals surface area contributed by atoms with Crippen LogP contribution in [0, 0.1) is 0 Å². The minimum atomic E-state index is 0.680. The number of hydrazone groups is 1. The number of hydrogen-bond donors (Lipinski definition) is 2. The molecular formula is C18H15N5OS. The lowest BCUT2D eigenvalue weighted by molar-refractivity contribution is 0.415. The summed E-state index contributed by atoms with van der Waals surface area (Å²) in [4.78, 5) is 12.7. The van der Waals surface area contributed by atoms with E-state index in [4.69, 9.17) is 4.74 Å². The van der Waals surface area contributed by atoms with E-state index in [-0.39, 0.29) is 0 Å². The van der Waals surface area contributed by atoms with Crippen LogP contribution in [-0.4, -0.2) is 28.3 Å². The van der Waals surface area contributed by atoms with Gasteiger partial charge in [0.05, 0.1) is 24.4 Å². The molecule has 0 aliphatic heterocycles. The lowest BCUT2D eigenvalue weighted by Crippen LogP contribution is -1.95. The Morgan fingerprint density at radius 2 is 2.08 bits per heavy atom. The van der Waals surface area contributed by atoms with Gasteiger partial charge in [-0.2, -0.15) is 5.10 Å². The molecule has 0 aliphatic rings. The number of fused-ring (bicyclic) bond motifs is 1. The third kappa shape index (κ3) is 3.09. The van der Waals surface area contributed by atoms with Gasteiger partial charge in [-0.1, -0.05) is 12.1 Å². The number of methoxy groups -OCH3 is 1. The van der Waals surface area contributed by atoms with Gasteiger partial charge in [-0.05, 0) is 29.8 Å². The molecule has 0 spiro atoms. The first kappa shape index (κ1) is 15.3. The van der Waals surface area contributed by atoms with E-state index in [1.54, 1.807) is 31.0 Å². The van der Waals surface area contributed by atoms with E-state index in [0.717, 1.165) is 32.8 Å². The Bertz CT molecular complexity index is 1010. The predicted molar refractivity (Wildman–Crippen MR) is 101 cm³/mol. The molecule has 0 radical (unpaired) electrons. The van der Waals surface area contributed by atoms with Crippen LogP contribution in [0.5, 0.6) is 5.75 Å². The second-order valence-corrected chi connectivity index (χ2v) is 6.13. The molecule has 3 aromatic heterocycles. The van der Waals surface area contributed by atoms with Crippen LogP contribution in [0.1, 0.15) is 5.69 Å². The molecule has 2 N–H and O–H groups in total. The molecule has 0 saturated heterocycles. The number of rotatable bonds is 5. The zero-order chi connectivity index (χ0) is 17.1. The second-order valence-electron chi connectivity index (χ2n) is 5.28. The minimum Gasteiger partial charge on any atom is -0.497 e. The van der Waals surface area contributed by atoms with Gasteiger partial charge in [0.2, 0.25) is 0 Å². The molecule has 3 heterocycles. The Morgan fingerprint density at radius 3 is 2.84 bits per heavy atom. The lowest BCUT2D eigenvalue weighted by Gasteiger charge is -2.05. The normalized spacial score (nSPS) is 11.2. The van der Waals surface area contributed by atoms with Crippen molar-refractivity contribution in [3.05, 3.63) is 60.0 Å². The predicted octanol–water partition coefficient (Wildman–Crippen LogP) is 4.14. The van der Waals surface area contributed by atoms with Crippen molar-refractivity contribution in [2.45, 2.75) is 0 Å². The van der Waals surface area contributed by atoms with E-state index in [1.807, 2.05) is 42.6 Å². The molecule has 0 unspecified atom stereocenters. The minimum absolute atomic E-state index is 0.680. The number of nitrogens with one attached hydrogen (secondary N) is 2. The van der Waals surface area contributed by atoms with Gasteiger partial charge in [0.25, 0.3) is 0 Å². The smallest absolute Gasteiger partial charge is 0.159 e. The van der Waals surface area contributed by atoms with Crippen molar-refractivity contribution in [2.75, 3.05) is 12.5 Å². The van der Waals surface area contributed by atoms with Crippen molar-refractivity contribution >= 4 is 33.6 Å². The highest BCUT2D eigenvalue weighted by Crippen LogP contribution is 2.36. The van der Waals surface area contributed by atoms with Gasteiger partial charge in [0.15, 0.2) is 5.82 Å². The quantitative estimate of drug-likeness (QED) is 0.419. The summed E-state index contributed by atoms with van der Waals surface area (Å²) in [6.45, 7) is 0. The summed E-state index contributed by atoms with van der Waals surface area (Å²) in [5.41, 5.74) is 6.09. The summed E-state index contributed by atoms with van der Waals surface area (Å²) < 4.78 is 5.23. The van der Waals surface area contributed by atoms with Crippen molar-refractivity contribution in [1.82, 2.24) is 15.0 Å². The van der Waals surface area contributed by atoms with E-state index in [9.17, 15) is 0 Å². The number of thiophene rings is 1. The molecule has 0 saturated carbocycles. The molecule has 0 amide bonds. The Labute approximate surface area is 148 Å². The zero-order valence-corrected chi connectivity index (χ0v) is 14.2. The van der Waals surface area contributed by atoms with Gasteiger partial charge >= 0.3 is 0 Å². The second kappa shape index (κ2) is 6.74. The monoisotopic (exact) mass is 349 g/mol. The number of benzene rings is 1. The molecule has 4 rings (SSSR count). The van der Waals surface area contributed by atoms with Gasteiger partial charge in [-0.25, -0.2) is 9.97 Å². The molecule has 1 aromatic carbocycles. The molecule has 25 heavy (non-hydrogen) atoms. The van der Waals surface area contributed by atoms with E-state index in [0.29, 0.717) is 5.82 Å². The fourth-order valence-electron chi connectivity index (χ4n) is 2.53. The number of H-pyrrole nitrogens is 1. The summed E-state index contributed by atoms with van der Waals surface area (Å²) in [6, 6.07) is 11.8. The van der Waals surface area contributed by atoms with Crippen molar-refractivity contribution in [2.24, 2.45) is 5.10 Å². The van der Waals surface area contributed by atoms with Crippen LogP contribution in [0.2, 0.25) is 0 Å². The number of aromatic nitrogens is 3. The molecule has 0 atom stereocenters. The van der Waals surface area contributed by atoms with E-state index >= 15 is 0 Å². The molecule has 0 fully saturated rings. The van der Waals surface area contributed by atoms with Gasteiger partial charge in [0.1, 0.15) is 16.9 Å². The number of aromatic amines is 1. The molecular weight excluding hydrogens is 334 g/mol. The standard InChI is InChI=1S/C18H15N5OS/c1-24-14-6-4-12(5-7-14)15-10-25-18-16(15)17(20-11-21-18)23-22-9-13-3-2-8-19-13/h2-11,19H,1H3,(H,20,21,23)/b22-9-. The third-order valence-corrected chi connectivity index (χ3v) is 4.65. The number of anilines is 1. The third-order valence-electron chi connectivity index (χ3n) is 3.77. The highest BCUT2D eigenvalue weighted by atomic mass is 32.1. The first-order valence-corrected chi connectivity index (χ1v) is 8.52. The van der Waals surface area contributed by atoms with E-state index in [2.05, 4.69) is 30.9 Å². The molecule has 0 bridgehead atoms. The zero-order valence-electron chi connectivity index (χ0n) is 13.4. The van der Waals surface area contributed by atoms with Gasteiger partial charge in [-0.3, -0.25) is 5.43 Å². The van der Waals surface area contributed by atoms with Crippen molar-refractivity contribution < 1.29 is 4.74 Å².